The number of rotatable bonds is 5. The molecule has 0 spiro atoms. The summed E-state index contributed by atoms with van der Waals surface area (Å²) in [6.45, 7) is 3.09. The Bertz CT molecular complexity index is 1090. The lowest BCUT2D eigenvalue weighted by atomic mass is 9.87. The van der Waals surface area contributed by atoms with Crippen LogP contribution >= 0.6 is 11.6 Å². The summed E-state index contributed by atoms with van der Waals surface area (Å²) in [5.41, 5.74) is 1.52. The van der Waals surface area contributed by atoms with Crippen LogP contribution in [0.25, 0.3) is 5.69 Å². The molecule has 3 aromatic rings. The van der Waals surface area contributed by atoms with Gasteiger partial charge in [-0.25, -0.2) is 18.7 Å². The summed E-state index contributed by atoms with van der Waals surface area (Å²) in [5, 5.41) is 11.6. The van der Waals surface area contributed by atoms with Crippen molar-refractivity contribution >= 4 is 23.5 Å². The fraction of sp³-hybridized carbons (Fsp3) is 0.381. The number of benzene rings is 1. The molecule has 1 saturated heterocycles. The highest BCUT2D eigenvalue weighted by Gasteiger charge is 2.46. The number of piperidine rings is 1. The van der Waals surface area contributed by atoms with Crippen LogP contribution in [-0.4, -0.2) is 60.8 Å². The molecule has 1 aromatic carbocycles. The molecule has 168 valence electrons. The highest BCUT2D eigenvalue weighted by atomic mass is 35.5. The lowest BCUT2D eigenvalue weighted by Gasteiger charge is -2.43. The van der Waals surface area contributed by atoms with E-state index < -0.39 is 30.3 Å². The van der Waals surface area contributed by atoms with Crippen LogP contribution in [0.5, 0.6) is 0 Å². The third-order valence-electron chi connectivity index (χ3n) is 5.45. The van der Waals surface area contributed by atoms with Crippen molar-refractivity contribution in [2.24, 2.45) is 5.92 Å². The molecule has 1 aliphatic rings. The zero-order valence-electron chi connectivity index (χ0n) is 17.5. The maximum atomic E-state index is 14.5. The first-order chi connectivity index (χ1) is 15.2. The molecular weight excluding hydrogens is 440 g/mol. The van der Waals surface area contributed by atoms with Crippen molar-refractivity contribution in [2.75, 3.05) is 18.4 Å². The number of aryl methyl sites for hydroxylation is 1. The average Bonchev–Trinajstić information content (AvgIpc) is 3.27. The minimum absolute atomic E-state index is 0.214. The average molecular weight is 462 g/mol. The molecule has 0 bridgehead atoms. The van der Waals surface area contributed by atoms with E-state index in [0.717, 1.165) is 5.56 Å². The Morgan fingerprint density at radius 1 is 1.25 bits per heavy atom. The van der Waals surface area contributed by atoms with Crippen LogP contribution in [0.2, 0.25) is 5.02 Å². The Morgan fingerprint density at radius 3 is 2.62 bits per heavy atom. The van der Waals surface area contributed by atoms with Gasteiger partial charge in [0.15, 0.2) is 0 Å². The molecule has 0 aliphatic carbocycles. The number of halogens is 3. The zero-order valence-corrected chi connectivity index (χ0v) is 18.3. The van der Waals surface area contributed by atoms with Gasteiger partial charge in [-0.2, -0.15) is 15.0 Å². The summed E-state index contributed by atoms with van der Waals surface area (Å²) >= 11 is 5.82. The lowest BCUT2D eigenvalue weighted by Crippen LogP contribution is -2.57. The molecular formula is C21H22ClF2N7O. The molecule has 0 saturated carbocycles. The van der Waals surface area contributed by atoms with Crippen LogP contribution in [0.4, 0.5) is 14.7 Å². The van der Waals surface area contributed by atoms with Crippen molar-refractivity contribution in [1.82, 2.24) is 29.9 Å². The first-order valence-corrected chi connectivity index (χ1v) is 10.5. The number of aromatic nitrogens is 5. The smallest absolute Gasteiger partial charge is 0.265 e. The number of likely N-dealkylation sites (tertiary alicyclic amines) is 1. The molecule has 8 nitrogen and oxygen atoms in total. The zero-order chi connectivity index (χ0) is 22.9. The van der Waals surface area contributed by atoms with E-state index in [4.69, 9.17) is 11.6 Å². The number of hydrogen-bond acceptors (Lipinski definition) is 6. The van der Waals surface area contributed by atoms with E-state index in [1.165, 1.54) is 34.5 Å². The molecule has 3 heterocycles. The van der Waals surface area contributed by atoms with Crippen molar-refractivity contribution in [2.45, 2.75) is 32.2 Å². The van der Waals surface area contributed by atoms with Gasteiger partial charge >= 0.3 is 0 Å². The summed E-state index contributed by atoms with van der Waals surface area (Å²) in [5.74, 6) is -3.64. The van der Waals surface area contributed by atoms with E-state index in [2.05, 4.69) is 25.5 Å². The summed E-state index contributed by atoms with van der Waals surface area (Å²) in [6, 6.07) is 4.70. The highest BCUT2D eigenvalue weighted by Crippen LogP contribution is 2.35. The predicted octanol–water partition coefficient (Wildman–Crippen LogP) is 3.62. The van der Waals surface area contributed by atoms with Crippen LogP contribution < -0.4 is 5.32 Å². The van der Waals surface area contributed by atoms with Gasteiger partial charge in [-0.1, -0.05) is 30.2 Å². The Morgan fingerprint density at radius 2 is 1.94 bits per heavy atom. The van der Waals surface area contributed by atoms with Crippen molar-refractivity contribution in [3.05, 3.63) is 59.1 Å². The first kappa shape index (κ1) is 22.1. The van der Waals surface area contributed by atoms with E-state index in [1.807, 2.05) is 13.0 Å². The second kappa shape index (κ2) is 8.78. The maximum Gasteiger partial charge on any atom is 0.265 e. The second-order valence-corrected chi connectivity index (χ2v) is 8.42. The van der Waals surface area contributed by atoms with Crippen LogP contribution in [0.3, 0.4) is 0 Å². The van der Waals surface area contributed by atoms with Gasteiger partial charge in [-0.15, -0.1) is 0 Å². The third-order valence-corrected chi connectivity index (χ3v) is 5.64. The molecule has 2 atom stereocenters. The van der Waals surface area contributed by atoms with Crippen LogP contribution in [0, 0.1) is 12.8 Å². The SMILES string of the molecule is Cc1ccc(-n2nccn2)c(C(=O)N2CC(F)(F)C[C@@H](C)C2CNc2ncc(Cl)cn2)c1. The standard InChI is InChI=1S/C21H22ClF2N7O/c1-13-3-4-17(31-28-5-6-29-31)16(7-13)19(32)30-12-21(23,24)8-14(2)18(30)11-27-20-25-9-15(22)10-26-20/h3-7,9-10,14,18H,8,11-12H2,1-2H3,(H,25,26,27)/t14-,18?/m1/s1. The van der Waals surface area contributed by atoms with E-state index in [1.54, 1.807) is 19.1 Å². The van der Waals surface area contributed by atoms with E-state index >= 15 is 0 Å². The van der Waals surface area contributed by atoms with Gasteiger partial charge in [-0.3, -0.25) is 4.79 Å². The normalized spacial score (nSPS) is 20.2. The van der Waals surface area contributed by atoms with Crippen molar-refractivity contribution in [1.29, 1.82) is 0 Å². The quantitative estimate of drug-likeness (QED) is 0.624. The van der Waals surface area contributed by atoms with E-state index in [-0.39, 0.29) is 18.5 Å². The molecule has 0 radical (unpaired) electrons. The molecule has 1 aliphatic heterocycles. The molecule has 1 amide bonds. The second-order valence-electron chi connectivity index (χ2n) is 7.98. The summed E-state index contributed by atoms with van der Waals surface area (Å²) in [6.07, 6.45) is 5.54. The highest BCUT2D eigenvalue weighted by molar-refractivity contribution is 6.30. The van der Waals surface area contributed by atoms with Crippen molar-refractivity contribution in [3.63, 3.8) is 0 Å². The first-order valence-electron chi connectivity index (χ1n) is 10.1. The molecule has 32 heavy (non-hydrogen) atoms. The fourth-order valence-electron chi connectivity index (χ4n) is 3.97. The van der Waals surface area contributed by atoms with Crippen LogP contribution in [-0.2, 0) is 0 Å². The minimum Gasteiger partial charge on any atom is -0.352 e. The molecule has 2 aromatic heterocycles. The van der Waals surface area contributed by atoms with E-state index in [9.17, 15) is 13.6 Å². The predicted molar refractivity (Wildman–Crippen MR) is 115 cm³/mol. The molecule has 11 heteroatoms. The topological polar surface area (TPSA) is 88.8 Å². The number of carbonyl (C=O) groups excluding carboxylic acids is 1. The van der Waals surface area contributed by atoms with E-state index in [0.29, 0.717) is 16.7 Å². The van der Waals surface area contributed by atoms with Crippen molar-refractivity contribution in [3.8, 4) is 5.69 Å². The van der Waals surface area contributed by atoms with Crippen molar-refractivity contribution < 1.29 is 13.6 Å². The maximum absolute atomic E-state index is 14.5. The largest absolute Gasteiger partial charge is 0.352 e. The van der Waals surface area contributed by atoms with Gasteiger partial charge in [0, 0.05) is 13.0 Å². The number of hydrogen-bond donors (Lipinski definition) is 1. The number of anilines is 1. The number of nitrogens with zero attached hydrogens (tertiary/aromatic N) is 6. The molecule has 1 fully saturated rings. The van der Waals surface area contributed by atoms with Gasteiger partial charge in [0.2, 0.25) is 5.95 Å². The van der Waals surface area contributed by atoms with Crippen LogP contribution in [0.15, 0.2) is 43.0 Å². The summed E-state index contributed by atoms with van der Waals surface area (Å²) in [7, 11) is 0. The summed E-state index contributed by atoms with van der Waals surface area (Å²) < 4.78 is 29.1. The molecule has 4 rings (SSSR count). The van der Waals surface area contributed by atoms with Gasteiger partial charge in [0.1, 0.15) is 0 Å². The number of nitrogens with one attached hydrogen (secondary N) is 1. The van der Waals surface area contributed by atoms with Gasteiger partial charge in [-0.05, 0) is 25.0 Å². The Labute approximate surface area is 188 Å². The Kier molecular flexibility index (Phi) is 6.05. The third kappa shape index (κ3) is 4.69. The monoisotopic (exact) mass is 461 g/mol. The lowest BCUT2D eigenvalue weighted by molar-refractivity contribution is -0.0897. The summed E-state index contributed by atoms with van der Waals surface area (Å²) in [4.78, 5) is 24.3. The fourth-order valence-corrected chi connectivity index (χ4v) is 4.07. The Hall–Kier alpha value is -3.14. The van der Waals surface area contributed by atoms with Gasteiger partial charge < -0.3 is 10.2 Å². The van der Waals surface area contributed by atoms with Crippen LogP contribution in [0.1, 0.15) is 29.3 Å². The van der Waals surface area contributed by atoms with Gasteiger partial charge in [0.25, 0.3) is 11.8 Å². The van der Waals surface area contributed by atoms with Gasteiger partial charge in [0.05, 0.1) is 53.6 Å². The number of alkyl halides is 2. The molecule has 1 unspecified atom stereocenters. The number of amides is 1. The molecule has 1 N–H and O–H groups in total. The Balaban J connectivity index is 1.65. The minimum atomic E-state index is -2.99. The number of carbonyl (C=O) groups is 1.